The van der Waals surface area contributed by atoms with Gasteiger partial charge in [0.1, 0.15) is 6.10 Å². The smallest absolute Gasteiger partial charge is 0.364 e. The Morgan fingerprint density at radius 2 is 1.41 bits per heavy atom. The van der Waals surface area contributed by atoms with Gasteiger partial charge in [0.25, 0.3) is 23.6 Å². The molecule has 2 unspecified atom stereocenters. The summed E-state index contributed by atoms with van der Waals surface area (Å²) in [6, 6.07) is 0. The van der Waals surface area contributed by atoms with Crippen LogP contribution in [0.5, 0.6) is 0 Å². The zero-order valence-corrected chi connectivity index (χ0v) is 10.9. The number of aliphatic hydroxyl groups is 2. The Labute approximate surface area is 122 Å². The van der Waals surface area contributed by atoms with Crippen molar-refractivity contribution in [2.45, 2.75) is 12.2 Å². The van der Waals surface area contributed by atoms with Crippen molar-refractivity contribution in [3.05, 3.63) is 24.3 Å². The normalized spacial score (nSPS) is 20.1. The molecule has 10 heteroatoms. The summed E-state index contributed by atoms with van der Waals surface area (Å²) in [5.41, 5.74) is 0. The summed E-state index contributed by atoms with van der Waals surface area (Å²) in [6.45, 7) is -0.652. The van der Waals surface area contributed by atoms with E-state index in [2.05, 4.69) is 4.84 Å². The maximum Gasteiger partial charge on any atom is 0.364 e. The summed E-state index contributed by atoms with van der Waals surface area (Å²) < 4.78 is 0. The number of nitrogens with zero attached hydrogens (tertiary/aromatic N) is 2. The lowest BCUT2D eigenvalue weighted by atomic mass is 10.2. The number of hydroxylamine groups is 2. The SMILES string of the molecule is O=C(ON1C(=O)C=CC1=O)C(O)C(O)CN1C(=O)C=CC1=O. The molecule has 0 aromatic carbocycles. The topological polar surface area (TPSA) is 142 Å². The van der Waals surface area contributed by atoms with E-state index in [-0.39, 0.29) is 5.06 Å². The number of carbonyl (C=O) groups is 5. The molecule has 0 aromatic heterocycles. The van der Waals surface area contributed by atoms with Crippen LogP contribution in [0.3, 0.4) is 0 Å². The molecule has 10 nitrogen and oxygen atoms in total. The molecule has 2 N–H and O–H groups in total. The van der Waals surface area contributed by atoms with Crippen LogP contribution < -0.4 is 0 Å². The summed E-state index contributed by atoms with van der Waals surface area (Å²) >= 11 is 0. The lowest BCUT2D eigenvalue weighted by Crippen LogP contribution is -2.47. The molecule has 0 saturated carbocycles. The molecule has 2 heterocycles. The van der Waals surface area contributed by atoms with Crippen molar-refractivity contribution in [2.75, 3.05) is 6.54 Å². The van der Waals surface area contributed by atoms with Crippen LogP contribution in [-0.2, 0) is 28.8 Å². The first-order chi connectivity index (χ1) is 10.3. The maximum absolute atomic E-state index is 11.6. The summed E-state index contributed by atoms with van der Waals surface area (Å²) in [5.74, 6) is -4.74. The first-order valence-corrected chi connectivity index (χ1v) is 5.99. The van der Waals surface area contributed by atoms with E-state index < -0.39 is 48.4 Å². The number of amides is 4. The molecule has 0 fully saturated rings. The van der Waals surface area contributed by atoms with Gasteiger partial charge in [-0.25, -0.2) is 4.79 Å². The number of aliphatic hydroxyl groups excluding tert-OH is 2. The van der Waals surface area contributed by atoms with Crippen molar-refractivity contribution in [3.8, 4) is 0 Å². The van der Waals surface area contributed by atoms with Gasteiger partial charge in [0, 0.05) is 24.3 Å². The third kappa shape index (κ3) is 2.92. The van der Waals surface area contributed by atoms with Crippen LogP contribution in [0.15, 0.2) is 24.3 Å². The van der Waals surface area contributed by atoms with E-state index in [1.807, 2.05) is 0 Å². The van der Waals surface area contributed by atoms with Crippen LogP contribution in [-0.4, -0.2) is 68.5 Å². The Morgan fingerprint density at radius 1 is 0.955 bits per heavy atom. The van der Waals surface area contributed by atoms with Crippen LogP contribution in [0, 0.1) is 0 Å². The number of imide groups is 2. The Kier molecular flexibility index (Phi) is 4.15. The van der Waals surface area contributed by atoms with Crippen LogP contribution in [0.1, 0.15) is 0 Å². The highest BCUT2D eigenvalue weighted by Crippen LogP contribution is 2.10. The third-order valence-corrected chi connectivity index (χ3v) is 2.83. The van der Waals surface area contributed by atoms with Crippen LogP contribution in [0.2, 0.25) is 0 Å². The summed E-state index contributed by atoms with van der Waals surface area (Å²) in [6.07, 6.45) is -0.374. The number of hydrogen-bond acceptors (Lipinski definition) is 8. The van der Waals surface area contributed by atoms with Gasteiger partial charge in [0.2, 0.25) is 0 Å². The summed E-state index contributed by atoms with van der Waals surface area (Å²) in [7, 11) is 0. The Bertz CT molecular complexity index is 587. The second-order valence-corrected chi connectivity index (χ2v) is 4.35. The number of β-amino-alcohol motifs (C(OH)–C–C–N with tert-alkyl or cyclic N) is 1. The molecule has 0 spiro atoms. The second kappa shape index (κ2) is 5.87. The molecular weight excluding hydrogens is 300 g/mol. The predicted molar refractivity (Wildman–Crippen MR) is 65.0 cm³/mol. The van der Waals surface area contributed by atoms with E-state index in [4.69, 9.17) is 0 Å². The average Bonchev–Trinajstić information content (AvgIpc) is 2.96. The van der Waals surface area contributed by atoms with E-state index in [9.17, 15) is 34.2 Å². The average molecular weight is 310 g/mol. The highest BCUT2D eigenvalue weighted by atomic mass is 16.7. The monoisotopic (exact) mass is 310 g/mol. The van der Waals surface area contributed by atoms with E-state index in [1.165, 1.54) is 0 Å². The molecule has 0 aromatic rings. The van der Waals surface area contributed by atoms with E-state index >= 15 is 0 Å². The first-order valence-electron chi connectivity index (χ1n) is 5.99. The minimum Gasteiger partial charge on any atom is -0.388 e. The highest BCUT2D eigenvalue weighted by Gasteiger charge is 2.36. The number of hydrogen-bond donors (Lipinski definition) is 2. The van der Waals surface area contributed by atoms with Gasteiger partial charge < -0.3 is 15.1 Å². The fourth-order valence-corrected chi connectivity index (χ4v) is 1.68. The van der Waals surface area contributed by atoms with Gasteiger partial charge in [-0.15, -0.1) is 0 Å². The molecule has 2 rings (SSSR count). The van der Waals surface area contributed by atoms with Crippen molar-refractivity contribution in [2.24, 2.45) is 0 Å². The lowest BCUT2D eigenvalue weighted by molar-refractivity contribution is -0.205. The highest BCUT2D eigenvalue weighted by molar-refractivity contribution is 6.13. The largest absolute Gasteiger partial charge is 0.388 e. The van der Waals surface area contributed by atoms with Gasteiger partial charge in [0.05, 0.1) is 6.54 Å². The standard InChI is InChI=1S/C12H10N2O8/c15-6(5-13-7(16)1-2-8(13)17)11(20)12(21)22-14-9(18)3-4-10(14)19/h1-4,6,11,15,20H,5H2. The van der Waals surface area contributed by atoms with E-state index in [0.717, 1.165) is 24.3 Å². The zero-order chi connectivity index (χ0) is 16.4. The fourth-order valence-electron chi connectivity index (χ4n) is 1.68. The van der Waals surface area contributed by atoms with E-state index in [0.29, 0.717) is 4.90 Å². The molecule has 4 amide bonds. The van der Waals surface area contributed by atoms with Gasteiger partial charge in [-0.1, -0.05) is 5.06 Å². The molecule has 2 aliphatic heterocycles. The van der Waals surface area contributed by atoms with Crippen molar-refractivity contribution < 1.29 is 39.0 Å². The molecule has 0 saturated heterocycles. The van der Waals surface area contributed by atoms with Crippen molar-refractivity contribution in [1.29, 1.82) is 0 Å². The Balaban J connectivity index is 1.93. The van der Waals surface area contributed by atoms with Crippen LogP contribution in [0.25, 0.3) is 0 Å². The minimum absolute atomic E-state index is 0.103. The maximum atomic E-state index is 11.6. The van der Waals surface area contributed by atoms with Crippen LogP contribution in [0.4, 0.5) is 0 Å². The van der Waals surface area contributed by atoms with Crippen molar-refractivity contribution in [3.63, 3.8) is 0 Å². The molecule has 0 bridgehead atoms. The first kappa shape index (κ1) is 15.5. The summed E-state index contributed by atoms with van der Waals surface area (Å²) in [4.78, 5) is 61.4. The van der Waals surface area contributed by atoms with Crippen molar-refractivity contribution >= 4 is 29.6 Å². The quantitative estimate of drug-likeness (QED) is 0.512. The third-order valence-electron chi connectivity index (χ3n) is 2.83. The van der Waals surface area contributed by atoms with Gasteiger partial charge in [-0.2, -0.15) is 0 Å². The minimum atomic E-state index is -2.16. The lowest BCUT2D eigenvalue weighted by Gasteiger charge is -2.22. The van der Waals surface area contributed by atoms with Gasteiger partial charge >= 0.3 is 5.97 Å². The molecular formula is C12H10N2O8. The number of rotatable bonds is 5. The van der Waals surface area contributed by atoms with Crippen molar-refractivity contribution in [1.82, 2.24) is 9.96 Å². The zero-order valence-electron chi connectivity index (χ0n) is 10.9. The Morgan fingerprint density at radius 3 is 1.91 bits per heavy atom. The molecule has 0 aliphatic carbocycles. The van der Waals surface area contributed by atoms with E-state index in [1.54, 1.807) is 0 Å². The molecule has 0 radical (unpaired) electrons. The van der Waals surface area contributed by atoms with Gasteiger partial charge in [-0.3, -0.25) is 24.1 Å². The fraction of sp³-hybridized carbons (Fsp3) is 0.250. The number of carbonyl (C=O) groups excluding carboxylic acids is 5. The van der Waals surface area contributed by atoms with Gasteiger partial charge in [0.15, 0.2) is 6.10 Å². The predicted octanol–water partition coefficient (Wildman–Crippen LogP) is -2.98. The molecule has 22 heavy (non-hydrogen) atoms. The van der Waals surface area contributed by atoms with Crippen LogP contribution >= 0.6 is 0 Å². The second-order valence-electron chi connectivity index (χ2n) is 4.35. The summed E-state index contributed by atoms with van der Waals surface area (Å²) in [5, 5.41) is 19.4. The Hall–Kier alpha value is -2.85. The van der Waals surface area contributed by atoms with Gasteiger partial charge in [-0.05, 0) is 0 Å². The molecule has 2 atom stereocenters. The molecule has 2 aliphatic rings. The molecule has 116 valence electrons.